The number of benzene rings is 7. The Labute approximate surface area is 328 Å². The number of fused-ring (bicyclic) bond motifs is 1. The van der Waals surface area contributed by atoms with Crippen molar-refractivity contribution in [1.82, 2.24) is 0 Å². The predicted octanol–water partition coefficient (Wildman–Crippen LogP) is 11.7. The van der Waals surface area contributed by atoms with E-state index in [9.17, 15) is 0 Å². The molecule has 7 aromatic rings. The van der Waals surface area contributed by atoms with Gasteiger partial charge in [-0.05, 0) is 46.0 Å². The van der Waals surface area contributed by atoms with E-state index in [0.29, 0.717) is 67.5 Å². The number of hydrogen-bond acceptors (Lipinski definition) is 6. The van der Waals surface area contributed by atoms with E-state index < -0.39 is 6.10 Å². The molecule has 0 fully saturated rings. The summed E-state index contributed by atoms with van der Waals surface area (Å²) < 4.78 is 39.3. The molecule has 1 heterocycles. The molecule has 6 nitrogen and oxygen atoms in total. The van der Waals surface area contributed by atoms with E-state index in [1.54, 1.807) is 0 Å². The summed E-state index contributed by atoms with van der Waals surface area (Å²) in [4.78, 5) is 0. The summed E-state index contributed by atoms with van der Waals surface area (Å²) in [5.74, 6) is 3.75. The van der Waals surface area contributed by atoms with Crippen LogP contribution in [-0.4, -0.2) is 0 Å². The molecule has 1 atom stereocenters. The largest absolute Gasteiger partial charge is 0.489 e. The molecule has 7 aromatic carbocycles. The van der Waals surface area contributed by atoms with Gasteiger partial charge in [0.25, 0.3) is 0 Å². The van der Waals surface area contributed by atoms with Crippen LogP contribution in [0.1, 0.15) is 45.0 Å². The summed E-state index contributed by atoms with van der Waals surface area (Å²) in [6.07, 6.45) is 1.41. The Morgan fingerprint density at radius 2 is 0.804 bits per heavy atom. The molecule has 0 saturated heterocycles. The molecule has 8 rings (SSSR count). The van der Waals surface area contributed by atoms with Crippen molar-refractivity contribution in [3.05, 3.63) is 227 Å². The average Bonchev–Trinajstić information content (AvgIpc) is 3.27. The van der Waals surface area contributed by atoms with Gasteiger partial charge in [0.1, 0.15) is 56.0 Å². The molecule has 1 unspecified atom stereocenters. The second kappa shape index (κ2) is 17.9. The SMILES string of the molecule is C1=C(OCc2ccccc2)C(c2ccc(OCc3ccccc3)c(OCc3ccccc3)c2)Oc2cc(OCc3ccccc3)cc(OCc3ccccc3)c21. The van der Waals surface area contributed by atoms with E-state index in [0.717, 1.165) is 38.9 Å². The predicted molar refractivity (Wildman–Crippen MR) is 219 cm³/mol. The van der Waals surface area contributed by atoms with Crippen LogP contribution in [0.25, 0.3) is 6.08 Å². The molecule has 0 bridgehead atoms. The zero-order valence-corrected chi connectivity index (χ0v) is 31.0. The minimum absolute atomic E-state index is 0.357. The van der Waals surface area contributed by atoms with Gasteiger partial charge in [-0.15, -0.1) is 0 Å². The minimum Gasteiger partial charge on any atom is -0.489 e. The summed E-state index contributed by atoms with van der Waals surface area (Å²) in [5.41, 5.74) is 6.88. The molecule has 0 saturated carbocycles. The molecule has 0 aromatic heterocycles. The van der Waals surface area contributed by atoms with Gasteiger partial charge in [-0.2, -0.15) is 0 Å². The molecule has 278 valence electrons. The van der Waals surface area contributed by atoms with Crippen LogP contribution in [0.2, 0.25) is 0 Å². The third-order valence-electron chi connectivity index (χ3n) is 9.35. The fourth-order valence-corrected chi connectivity index (χ4v) is 6.38. The second-order valence-corrected chi connectivity index (χ2v) is 13.5. The number of hydrogen-bond donors (Lipinski definition) is 0. The standard InChI is InChI=1S/C50H42O6/c1-6-16-37(17-7-1)32-51-43-29-46(53-34-39-20-10-3-11-21-39)44-31-49(55-36-41-24-14-5-15-25-41)50(56-47(44)30-43)42-26-27-45(52-33-38-18-8-2-9-19-38)48(28-42)54-35-40-22-12-4-13-23-40/h1-31,50H,32-36H2. The molecule has 56 heavy (non-hydrogen) atoms. The van der Waals surface area contributed by atoms with Crippen molar-refractivity contribution in [2.45, 2.75) is 39.1 Å². The maximum absolute atomic E-state index is 6.94. The molecule has 0 spiro atoms. The highest BCUT2D eigenvalue weighted by Gasteiger charge is 2.30. The molecule has 0 aliphatic carbocycles. The van der Waals surface area contributed by atoms with Crippen molar-refractivity contribution in [2.75, 3.05) is 0 Å². The minimum atomic E-state index is -0.611. The lowest BCUT2D eigenvalue weighted by Crippen LogP contribution is -2.18. The summed E-state index contributed by atoms with van der Waals surface area (Å²) in [6, 6.07) is 60.3. The van der Waals surface area contributed by atoms with Gasteiger partial charge in [0, 0.05) is 17.7 Å². The van der Waals surface area contributed by atoms with Gasteiger partial charge in [0.2, 0.25) is 0 Å². The van der Waals surface area contributed by atoms with E-state index in [2.05, 4.69) is 0 Å². The first kappa shape index (κ1) is 36.1. The lowest BCUT2D eigenvalue weighted by molar-refractivity contribution is 0.106. The van der Waals surface area contributed by atoms with Crippen LogP contribution in [0.3, 0.4) is 0 Å². The molecule has 1 aliphatic heterocycles. The van der Waals surface area contributed by atoms with E-state index >= 15 is 0 Å². The Hall–Kier alpha value is -6.92. The lowest BCUT2D eigenvalue weighted by atomic mass is 10.0. The van der Waals surface area contributed by atoms with Gasteiger partial charge in [-0.1, -0.05) is 158 Å². The lowest BCUT2D eigenvalue weighted by Gasteiger charge is -2.29. The Balaban J connectivity index is 1.15. The molecule has 0 radical (unpaired) electrons. The normalized spacial score (nSPS) is 13.1. The van der Waals surface area contributed by atoms with Gasteiger partial charge in [0.05, 0.1) is 5.56 Å². The molecule has 1 aliphatic rings. The topological polar surface area (TPSA) is 55.4 Å². The summed E-state index contributed by atoms with van der Waals surface area (Å²) in [6.45, 7) is 1.90. The Bertz CT molecular complexity index is 2330. The molecular weight excluding hydrogens is 697 g/mol. The maximum atomic E-state index is 6.94. The van der Waals surface area contributed by atoms with Crippen molar-refractivity contribution < 1.29 is 28.4 Å². The zero-order valence-electron chi connectivity index (χ0n) is 31.0. The Morgan fingerprint density at radius 1 is 0.375 bits per heavy atom. The first-order chi connectivity index (χ1) is 27.7. The molecular formula is C50H42O6. The van der Waals surface area contributed by atoms with Gasteiger partial charge in [-0.25, -0.2) is 0 Å². The van der Waals surface area contributed by atoms with Gasteiger partial charge >= 0.3 is 0 Å². The smallest absolute Gasteiger partial charge is 0.181 e. The van der Waals surface area contributed by atoms with Gasteiger partial charge in [-0.3, -0.25) is 0 Å². The van der Waals surface area contributed by atoms with E-state index in [-0.39, 0.29) is 0 Å². The highest BCUT2D eigenvalue weighted by atomic mass is 16.5. The highest BCUT2D eigenvalue weighted by Crippen LogP contribution is 2.46. The third kappa shape index (κ3) is 9.41. The Morgan fingerprint density at radius 3 is 1.30 bits per heavy atom. The first-order valence-electron chi connectivity index (χ1n) is 18.8. The average molecular weight is 739 g/mol. The maximum Gasteiger partial charge on any atom is 0.181 e. The first-order valence-corrected chi connectivity index (χ1v) is 18.8. The second-order valence-electron chi connectivity index (χ2n) is 13.5. The van der Waals surface area contributed by atoms with Gasteiger partial charge < -0.3 is 28.4 Å². The van der Waals surface area contributed by atoms with Crippen molar-refractivity contribution in [3.63, 3.8) is 0 Å². The van der Waals surface area contributed by atoms with Crippen LogP contribution >= 0.6 is 0 Å². The van der Waals surface area contributed by atoms with Crippen LogP contribution in [0.4, 0.5) is 0 Å². The summed E-state index contributed by atoms with van der Waals surface area (Å²) in [5, 5.41) is 0. The number of ether oxygens (including phenoxy) is 6. The Kier molecular flexibility index (Phi) is 11.6. The highest BCUT2D eigenvalue weighted by molar-refractivity contribution is 5.70. The summed E-state index contributed by atoms with van der Waals surface area (Å²) in [7, 11) is 0. The zero-order chi connectivity index (χ0) is 37.8. The van der Waals surface area contributed by atoms with Crippen LogP contribution in [-0.2, 0) is 37.8 Å². The summed E-state index contributed by atoms with van der Waals surface area (Å²) >= 11 is 0. The van der Waals surface area contributed by atoms with Crippen molar-refractivity contribution in [1.29, 1.82) is 0 Å². The quantitative estimate of drug-likeness (QED) is 0.0984. The van der Waals surface area contributed by atoms with Crippen molar-refractivity contribution in [3.8, 4) is 28.7 Å². The van der Waals surface area contributed by atoms with Crippen LogP contribution in [0.15, 0.2) is 188 Å². The fraction of sp³-hybridized carbons (Fsp3) is 0.120. The fourth-order valence-electron chi connectivity index (χ4n) is 6.38. The van der Waals surface area contributed by atoms with Crippen molar-refractivity contribution in [2.24, 2.45) is 0 Å². The van der Waals surface area contributed by atoms with E-state index in [1.165, 1.54) is 0 Å². The van der Waals surface area contributed by atoms with Crippen LogP contribution in [0.5, 0.6) is 28.7 Å². The van der Waals surface area contributed by atoms with E-state index in [1.807, 2.05) is 188 Å². The number of rotatable bonds is 16. The monoisotopic (exact) mass is 738 g/mol. The van der Waals surface area contributed by atoms with Crippen LogP contribution < -0.4 is 23.7 Å². The molecule has 0 amide bonds. The van der Waals surface area contributed by atoms with Crippen molar-refractivity contribution >= 4 is 6.08 Å². The van der Waals surface area contributed by atoms with Crippen LogP contribution in [0, 0.1) is 0 Å². The van der Waals surface area contributed by atoms with E-state index in [4.69, 9.17) is 28.4 Å². The van der Waals surface area contributed by atoms with Gasteiger partial charge in [0.15, 0.2) is 17.6 Å². The molecule has 6 heteroatoms. The third-order valence-corrected chi connectivity index (χ3v) is 9.35. The molecule has 0 N–H and O–H groups in total.